The van der Waals surface area contributed by atoms with Crippen molar-refractivity contribution < 1.29 is 4.74 Å². The largest absolute Gasteiger partial charge is 0.504 e. The molecule has 1 heteroatoms. The molecule has 0 aliphatic heterocycles. The van der Waals surface area contributed by atoms with Crippen molar-refractivity contribution in [3.8, 4) is 0 Å². The second-order valence-electron chi connectivity index (χ2n) is 3.80. The third-order valence-corrected chi connectivity index (χ3v) is 2.90. The normalized spacial score (nSPS) is 17.6. The molecule has 1 aromatic rings. The zero-order valence-corrected chi connectivity index (χ0v) is 8.57. The molecule has 0 atom stereocenters. The molecule has 2 rings (SSSR count). The molecule has 1 saturated carbocycles. The molecule has 1 aliphatic rings. The van der Waals surface area contributed by atoms with Gasteiger partial charge < -0.3 is 4.74 Å². The molecule has 1 fully saturated rings. The predicted molar refractivity (Wildman–Crippen MR) is 58.8 cm³/mol. The fourth-order valence-corrected chi connectivity index (χ4v) is 1.88. The molecular formula is C13H16O. The fraction of sp³-hybridized carbons (Fsp3) is 0.385. The summed E-state index contributed by atoms with van der Waals surface area (Å²) in [6.45, 7) is 0. The minimum Gasteiger partial charge on any atom is -0.504 e. The van der Waals surface area contributed by atoms with E-state index in [1.807, 2.05) is 6.26 Å². The maximum Gasteiger partial charge on any atom is 0.0865 e. The second kappa shape index (κ2) is 4.32. The van der Waals surface area contributed by atoms with Gasteiger partial charge in [-0.25, -0.2) is 0 Å². The van der Waals surface area contributed by atoms with E-state index < -0.39 is 0 Å². The van der Waals surface area contributed by atoms with E-state index in [0.29, 0.717) is 0 Å². The Kier molecular flexibility index (Phi) is 2.87. The number of allylic oxidation sites excluding steroid dienone is 1. The van der Waals surface area contributed by atoms with Crippen molar-refractivity contribution in [2.45, 2.75) is 19.3 Å². The molecule has 0 bridgehead atoms. The van der Waals surface area contributed by atoms with Gasteiger partial charge in [-0.05, 0) is 29.9 Å². The first-order valence-electron chi connectivity index (χ1n) is 5.20. The second-order valence-corrected chi connectivity index (χ2v) is 3.80. The highest BCUT2D eigenvalue weighted by Crippen LogP contribution is 2.38. The number of methoxy groups -OCH3 is 1. The Hall–Kier alpha value is -1.24. The van der Waals surface area contributed by atoms with Gasteiger partial charge in [-0.3, -0.25) is 0 Å². The van der Waals surface area contributed by atoms with Gasteiger partial charge in [0.2, 0.25) is 0 Å². The van der Waals surface area contributed by atoms with Crippen LogP contribution >= 0.6 is 0 Å². The molecule has 0 N–H and O–H groups in total. The van der Waals surface area contributed by atoms with Gasteiger partial charge in [0.1, 0.15) is 0 Å². The van der Waals surface area contributed by atoms with Gasteiger partial charge in [-0.2, -0.15) is 0 Å². The van der Waals surface area contributed by atoms with Crippen molar-refractivity contribution in [3.63, 3.8) is 0 Å². The number of hydrogen-bond acceptors (Lipinski definition) is 1. The molecule has 14 heavy (non-hydrogen) atoms. The lowest BCUT2D eigenvalue weighted by molar-refractivity contribution is 0.327. The topological polar surface area (TPSA) is 9.23 Å². The predicted octanol–water partition coefficient (Wildman–Crippen LogP) is 3.47. The van der Waals surface area contributed by atoms with Crippen LogP contribution < -0.4 is 0 Å². The molecule has 0 saturated heterocycles. The van der Waals surface area contributed by atoms with Crippen LogP contribution in [-0.4, -0.2) is 7.11 Å². The summed E-state index contributed by atoms with van der Waals surface area (Å²) in [6, 6.07) is 10.5. The van der Waals surface area contributed by atoms with E-state index >= 15 is 0 Å². The number of rotatable bonds is 3. The lowest BCUT2D eigenvalue weighted by atomic mass is 9.77. The van der Waals surface area contributed by atoms with Crippen LogP contribution in [0.2, 0.25) is 0 Å². The van der Waals surface area contributed by atoms with Crippen molar-refractivity contribution in [3.05, 3.63) is 42.2 Å². The van der Waals surface area contributed by atoms with Crippen LogP contribution in [0.4, 0.5) is 0 Å². The third kappa shape index (κ3) is 1.82. The van der Waals surface area contributed by atoms with E-state index in [9.17, 15) is 0 Å². The summed E-state index contributed by atoms with van der Waals surface area (Å²) in [4.78, 5) is 0. The smallest absolute Gasteiger partial charge is 0.0865 e. The van der Waals surface area contributed by atoms with Crippen molar-refractivity contribution in [1.29, 1.82) is 0 Å². The maximum atomic E-state index is 5.15. The van der Waals surface area contributed by atoms with Gasteiger partial charge in [0, 0.05) is 0 Å². The Morgan fingerprint density at radius 3 is 2.50 bits per heavy atom. The van der Waals surface area contributed by atoms with E-state index in [2.05, 4.69) is 30.3 Å². The van der Waals surface area contributed by atoms with E-state index in [-0.39, 0.29) is 0 Å². The van der Waals surface area contributed by atoms with Crippen LogP contribution in [0.1, 0.15) is 24.8 Å². The molecule has 74 valence electrons. The summed E-state index contributed by atoms with van der Waals surface area (Å²) in [5, 5.41) is 0. The third-order valence-electron chi connectivity index (χ3n) is 2.90. The summed E-state index contributed by atoms with van der Waals surface area (Å²) >= 11 is 0. The van der Waals surface area contributed by atoms with Crippen LogP contribution in [0.25, 0.3) is 5.57 Å². The standard InChI is InChI=1S/C13H16O/c1-14-10-13(12-8-5-9-12)11-6-3-2-4-7-11/h2-4,6-7,10,12H,5,8-9H2,1H3/b13-10+. The average Bonchev–Trinajstić information content (AvgIpc) is 2.16. The molecule has 0 unspecified atom stereocenters. The first-order valence-corrected chi connectivity index (χ1v) is 5.20. The van der Waals surface area contributed by atoms with Crippen molar-refractivity contribution >= 4 is 5.57 Å². The Bertz CT molecular complexity index is 309. The zero-order chi connectivity index (χ0) is 9.80. The minimum atomic E-state index is 0.720. The number of hydrogen-bond donors (Lipinski definition) is 0. The quantitative estimate of drug-likeness (QED) is 0.660. The Morgan fingerprint density at radius 2 is 2.00 bits per heavy atom. The molecule has 1 aliphatic carbocycles. The molecule has 1 nitrogen and oxygen atoms in total. The van der Waals surface area contributed by atoms with Gasteiger partial charge in [0.15, 0.2) is 0 Å². The first kappa shape index (κ1) is 9.32. The van der Waals surface area contributed by atoms with Crippen LogP contribution in [0.15, 0.2) is 36.6 Å². The van der Waals surface area contributed by atoms with E-state index in [1.165, 1.54) is 30.4 Å². The van der Waals surface area contributed by atoms with Gasteiger partial charge >= 0.3 is 0 Å². The fourth-order valence-electron chi connectivity index (χ4n) is 1.88. The highest BCUT2D eigenvalue weighted by atomic mass is 16.5. The summed E-state index contributed by atoms with van der Waals surface area (Å²) in [5.41, 5.74) is 2.67. The maximum absolute atomic E-state index is 5.15. The molecule has 0 amide bonds. The number of benzene rings is 1. The number of ether oxygens (including phenoxy) is 1. The van der Waals surface area contributed by atoms with Gasteiger partial charge in [-0.15, -0.1) is 0 Å². The van der Waals surface area contributed by atoms with Crippen molar-refractivity contribution in [2.75, 3.05) is 7.11 Å². The average molecular weight is 188 g/mol. The van der Waals surface area contributed by atoms with Crippen molar-refractivity contribution in [1.82, 2.24) is 0 Å². The molecule has 1 aromatic carbocycles. The van der Waals surface area contributed by atoms with Crippen LogP contribution in [-0.2, 0) is 4.74 Å². The Labute approximate surface area is 85.4 Å². The Morgan fingerprint density at radius 1 is 1.29 bits per heavy atom. The van der Waals surface area contributed by atoms with E-state index in [0.717, 1.165) is 5.92 Å². The van der Waals surface area contributed by atoms with E-state index in [1.54, 1.807) is 7.11 Å². The van der Waals surface area contributed by atoms with Gasteiger partial charge in [-0.1, -0.05) is 36.8 Å². The SMILES string of the molecule is CO/C=C(\c1ccccc1)C1CCC1. The summed E-state index contributed by atoms with van der Waals surface area (Å²) < 4.78 is 5.15. The molecule has 0 radical (unpaired) electrons. The zero-order valence-electron chi connectivity index (χ0n) is 8.57. The van der Waals surface area contributed by atoms with E-state index in [4.69, 9.17) is 4.74 Å². The highest BCUT2D eigenvalue weighted by molar-refractivity contribution is 5.67. The lowest BCUT2D eigenvalue weighted by Gasteiger charge is -2.28. The van der Waals surface area contributed by atoms with Crippen molar-refractivity contribution in [2.24, 2.45) is 5.92 Å². The van der Waals surface area contributed by atoms with Gasteiger partial charge in [0.05, 0.1) is 13.4 Å². The monoisotopic (exact) mass is 188 g/mol. The summed E-state index contributed by atoms with van der Waals surface area (Å²) in [6.07, 6.45) is 5.88. The molecule has 0 spiro atoms. The van der Waals surface area contributed by atoms with Crippen LogP contribution in [0.5, 0.6) is 0 Å². The van der Waals surface area contributed by atoms with Crippen LogP contribution in [0, 0.1) is 5.92 Å². The first-order chi connectivity index (χ1) is 6.92. The molecular weight excluding hydrogens is 172 g/mol. The lowest BCUT2D eigenvalue weighted by Crippen LogP contribution is -2.13. The molecule has 0 aromatic heterocycles. The summed E-state index contributed by atoms with van der Waals surface area (Å²) in [7, 11) is 1.72. The summed E-state index contributed by atoms with van der Waals surface area (Å²) in [5.74, 6) is 0.720. The minimum absolute atomic E-state index is 0.720. The molecule has 0 heterocycles. The highest BCUT2D eigenvalue weighted by Gasteiger charge is 2.22. The Balaban J connectivity index is 2.22. The van der Waals surface area contributed by atoms with Crippen LogP contribution in [0.3, 0.4) is 0 Å². The van der Waals surface area contributed by atoms with Gasteiger partial charge in [0.25, 0.3) is 0 Å².